The number of nitrogens with zero attached hydrogens (tertiary/aromatic N) is 1. The molecule has 5 nitrogen and oxygen atoms in total. The van der Waals surface area contributed by atoms with E-state index in [-0.39, 0.29) is 36.8 Å². The Morgan fingerprint density at radius 3 is 2.42 bits per heavy atom. The normalized spacial score (nSPS) is 26.9. The van der Waals surface area contributed by atoms with Crippen LogP contribution in [0.4, 0.5) is 0 Å². The topological polar surface area (TPSA) is 53.6 Å². The molecular formula is C17H33Cl2N3O2. The smallest absolute Gasteiger partial charge is 0.221 e. The number of hydrogen-bond acceptors (Lipinski definition) is 4. The number of halogens is 2. The molecule has 1 aliphatic carbocycles. The number of ether oxygens (including phenoxy) is 1. The predicted octanol–water partition coefficient (Wildman–Crippen LogP) is 2.12. The van der Waals surface area contributed by atoms with E-state index in [1.54, 1.807) is 0 Å². The van der Waals surface area contributed by atoms with Gasteiger partial charge in [-0.1, -0.05) is 19.3 Å². The summed E-state index contributed by atoms with van der Waals surface area (Å²) in [4.78, 5) is 14.8. The molecule has 3 aliphatic rings. The third-order valence-electron chi connectivity index (χ3n) is 5.42. The maximum Gasteiger partial charge on any atom is 0.221 e. The highest BCUT2D eigenvalue weighted by Crippen LogP contribution is 2.25. The summed E-state index contributed by atoms with van der Waals surface area (Å²) in [5.41, 5.74) is 0. The van der Waals surface area contributed by atoms with Gasteiger partial charge in [-0.3, -0.25) is 4.79 Å². The molecule has 0 aromatic carbocycles. The second kappa shape index (κ2) is 11.5. The first-order valence-electron chi connectivity index (χ1n) is 9.16. The monoisotopic (exact) mass is 381 g/mol. The van der Waals surface area contributed by atoms with Crippen molar-refractivity contribution >= 4 is 30.7 Å². The van der Waals surface area contributed by atoms with Crippen LogP contribution < -0.4 is 10.6 Å². The summed E-state index contributed by atoms with van der Waals surface area (Å²) in [5, 5.41) is 6.57. The van der Waals surface area contributed by atoms with Crippen molar-refractivity contribution in [1.29, 1.82) is 0 Å². The summed E-state index contributed by atoms with van der Waals surface area (Å²) in [5.74, 6) is 0.180. The standard InChI is InChI=1S/C17H31N3O2.2ClH/c21-17(12-15-13-22-11-8-18-15)19-14-6-9-20(10-7-14)16-4-2-1-3-5-16;;/h14-16,18H,1-13H2,(H,19,21);2*1H. The number of morpholine rings is 1. The molecule has 2 saturated heterocycles. The second-order valence-electron chi connectivity index (χ2n) is 7.10. The minimum absolute atomic E-state index is 0. The van der Waals surface area contributed by atoms with Crippen LogP contribution in [-0.2, 0) is 9.53 Å². The average molecular weight is 382 g/mol. The zero-order valence-corrected chi connectivity index (χ0v) is 16.1. The molecule has 0 spiro atoms. The first kappa shape index (κ1) is 22.0. The van der Waals surface area contributed by atoms with Crippen molar-refractivity contribution in [2.75, 3.05) is 32.8 Å². The van der Waals surface area contributed by atoms with Crippen LogP contribution in [0.15, 0.2) is 0 Å². The minimum atomic E-state index is 0. The number of amides is 1. The van der Waals surface area contributed by atoms with E-state index in [0.717, 1.165) is 45.1 Å². The van der Waals surface area contributed by atoms with Crippen molar-refractivity contribution in [2.45, 2.75) is 69.5 Å². The van der Waals surface area contributed by atoms with E-state index >= 15 is 0 Å². The number of carbonyl (C=O) groups is 1. The lowest BCUT2D eigenvalue weighted by atomic mass is 9.92. The Morgan fingerprint density at radius 2 is 1.79 bits per heavy atom. The number of piperidine rings is 1. The predicted molar refractivity (Wildman–Crippen MR) is 101 cm³/mol. The van der Waals surface area contributed by atoms with E-state index < -0.39 is 0 Å². The molecule has 1 atom stereocenters. The first-order chi connectivity index (χ1) is 10.8. The largest absolute Gasteiger partial charge is 0.378 e. The summed E-state index contributed by atoms with van der Waals surface area (Å²) in [6.45, 7) is 4.59. The van der Waals surface area contributed by atoms with E-state index in [1.165, 1.54) is 32.1 Å². The van der Waals surface area contributed by atoms with E-state index in [0.29, 0.717) is 19.1 Å². The molecular weight excluding hydrogens is 349 g/mol. The lowest BCUT2D eigenvalue weighted by Gasteiger charge is -2.39. The maximum atomic E-state index is 12.1. The molecule has 142 valence electrons. The van der Waals surface area contributed by atoms with Crippen LogP contribution in [0, 0.1) is 0 Å². The molecule has 1 unspecified atom stereocenters. The highest BCUT2D eigenvalue weighted by atomic mass is 35.5. The van der Waals surface area contributed by atoms with Gasteiger partial charge in [0.05, 0.1) is 13.2 Å². The Morgan fingerprint density at radius 1 is 1.08 bits per heavy atom. The quantitative estimate of drug-likeness (QED) is 0.782. The third-order valence-corrected chi connectivity index (χ3v) is 5.42. The van der Waals surface area contributed by atoms with Crippen molar-refractivity contribution in [3.8, 4) is 0 Å². The van der Waals surface area contributed by atoms with Gasteiger partial charge in [0.2, 0.25) is 5.91 Å². The molecule has 3 rings (SSSR count). The SMILES string of the molecule is Cl.Cl.O=C(CC1COCCN1)NC1CCN(C2CCCCC2)CC1. The van der Waals surface area contributed by atoms with E-state index in [2.05, 4.69) is 15.5 Å². The van der Waals surface area contributed by atoms with Crippen LogP contribution in [0.1, 0.15) is 51.4 Å². The van der Waals surface area contributed by atoms with Gasteiger partial charge < -0.3 is 20.3 Å². The first-order valence-corrected chi connectivity index (χ1v) is 9.16. The van der Waals surface area contributed by atoms with E-state index in [9.17, 15) is 4.79 Å². The van der Waals surface area contributed by atoms with Crippen molar-refractivity contribution in [1.82, 2.24) is 15.5 Å². The molecule has 0 bridgehead atoms. The lowest BCUT2D eigenvalue weighted by Crippen LogP contribution is -2.50. The molecule has 2 N–H and O–H groups in total. The third kappa shape index (κ3) is 6.68. The molecule has 3 fully saturated rings. The average Bonchev–Trinajstić information content (AvgIpc) is 2.57. The maximum absolute atomic E-state index is 12.1. The van der Waals surface area contributed by atoms with Gasteiger partial charge in [-0.05, 0) is 25.7 Å². The van der Waals surface area contributed by atoms with E-state index in [4.69, 9.17) is 4.74 Å². The summed E-state index contributed by atoms with van der Waals surface area (Å²) in [6.07, 6.45) is 9.74. The fraction of sp³-hybridized carbons (Fsp3) is 0.941. The molecule has 24 heavy (non-hydrogen) atoms. The molecule has 2 aliphatic heterocycles. The van der Waals surface area contributed by atoms with Crippen LogP contribution in [-0.4, -0.2) is 61.8 Å². The van der Waals surface area contributed by atoms with E-state index in [1.807, 2.05) is 0 Å². The molecule has 7 heteroatoms. The highest BCUT2D eigenvalue weighted by molar-refractivity contribution is 5.85. The van der Waals surface area contributed by atoms with Crippen LogP contribution in [0.3, 0.4) is 0 Å². The van der Waals surface area contributed by atoms with Crippen molar-refractivity contribution in [3.05, 3.63) is 0 Å². The van der Waals surface area contributed by atoms with Gasteiger partial charge in [-0.15, -0.1) is 24.8 Å². The molecule has 1 amide bonds. The summed E-state index contributed by atoms with van der Waals surface area (Å²) in [6, 6.07) is 1.38. The Hall–Kier alpha value is -0.0700. The Kier molecular flexibility index (Phi) is 10.6. The number of rotatable bonds is 4. The minimum Gasteiger partial charge on any atom is -0.378 e. The number of nitrogens with one attached hydrogen (secondary N) is 2. The number of hydrogen-bond donors (Lipinski definition) is 2. The molecule has 0 aromatic heterocycles. The fourth-order valence-electron chi connectivity index (χ4n) is 4.12. The van der Waals surface area contributed by atoms with Gasteiger partial charge in [0.25, 0.3) is 0 Å². The van der Waals surface area contributed by atoms with Crippen molar-refractivity contribution < 1.29 is 9.53 Å². The zero-order chi connectivity index (χ0) is 15.2. The fourth-order valence-corrected chi connectivity index (χ4v) is 4.12. The second-order valence-corrected chi connectivity index (χ2v) is 7.10. The summed E-state index contributed by atoms with van der Waals surface area (Å²) >= 11 is 0. The van der Waals surface area contributed by atoms with Gasteiger partial charge in [0.1, 0.15) is 0 Å². The Bertz CT molecular complexity index is 354. The zero-order valence-electron chi connectivity index (χ0n) is 14.5. The summed E-state index contributed by atoms with van der Waals surface area (Å²) in [7, 11) is 0. The summed E-state index contributed by atoms with van der Waals surface area (Å²) < 4.78 is 5.41. The molecule has 1 saturated carbocycles. The molecule has 0 radical (unpaired) electrons. The van der Waals surface area contributed by atoms with Gasteiger partial charge in [0, 0.05) is 44.2 Å². The number of likely N-dealkylation sites (tertiary alicyclic amines) is 1. The van der Waals surface area contributed by atoms with Crippen LogP contribution in [0.5, 0.6) is 0 Å². The van der Waals surface area contributed by atoms with Gasteiger partial charge in [-0.25, -0.2) is 0 Å². The van der Waals surface area contributed by atoms with Crippen LogP contribution >= 0.6 is 24.8 Å². The van der Waals surface area contributed by atoms with Crippen molar-refractivity contribution in [3.63, 3.8) is 0 Å². The van der Waals surface area contributed by atoms with Gasteiger partial charge in [0.15, 0.2) is 0 Å². The highest BCUT2D eigenvalue weighted by Gasteiger charge is 2.27. The van der Waals surface area contributed by atoms with Gasteiger partial charge in [-0.2, -0.15) is 0 Å². The molecule has 2 heterocycles. The lowest BCUT2D eigenvalue weighted by molar-refractivity contribution is -0.123. The van der Waals surface area contributed by atoms with Crippen LogP contribution in [0.25, 0.3) is 0 Å². The Labute approximate surface area is 158 Å². The molecule has 0 aromatic rings. The van der Waals surface area contributed by atoms with Gasteiger partial charge >= 0.3 is 0 Å². The number of carbonyl (C=O) groups excluding carboxylic acids is 1. The van der Waals surface area contributed by atoms with Crippen molar-refractivity contribution in [2.24, 2.45) is 0 Å². The Balaban J connectivity index is 0.00000144. The van der Waals surface area contributed by atoms with Crippen LogP contribution in [0.2, 0.25) is 0 Å².